The van der Waals surface area contributed by atoms with E-state index in [0.29, 0.717) is 11.8 Å². The molecular formula is C7H15NO. The molecule has 2 nitrogen and oxygen atoms in total. The van der Waals surface area contributed by atoms with Crippen molar-refractivity contribution >= 4 is 0 Å². The first-order chi connectivity index (χ1) is 4.25. The van der Waals surface area contributed by atoms with Crippen molar-refractivity contribution in [3.05, 3.63) is 0 Å². The summed E-state index contributed by atoms with van der Waals surface area (Å²) in [5.74, 6) is 0.995. The minimum absolute atomic E-state index is 0.255. The quantitative estimate of drug-likeness (QED) is 0.536. The highest BCUT2D eigenvalue weighted by atomic mass is 16.3. The van der Waals surface area contributed by atoms with Crippen molar-refractivity contribution < 1.29 is 5.11 Å². The second-order valence-electron chi connectivity index (χ2n) is 3.06. The van der Waals surface area contributed by atoms with Gasteiger partial charge < -0.3 is 10.8 Å². The van der Waals surface area contributed by atoms with Gasteiger partial charge in [0.25, 0.3) is 0 Å². The van der Waals surface area contributed by atoms with E-state index >= 15 is 0 Å². The van der Waals surface area contributed by atoms with Gasteiger partial charge in [0.05, 0.1) is 0 Å². The fourth-order valence-corrected chi connectivity index (χ4v) is 1.62. The van der Waals surface area contributed by atoms with Crippen molar-refractivity contribution in [2.24, 2.45) is 17.6 Å². The van der Waals surface area contributed by atoms with Gasteiger partial charge in [0.2, 0.25) is 0 Å². The fourth-order valence-electron chi connectivity index (χ4n) is 1.62. The molecule has 1 saturated carbocycles. The molecule has 0 saturated heterocycles. The third kappa shape index (κ3) is 1.25. The van der Waals surface area contributed by atoms with Crippen LogP contribution in [0.25, 0.3) is 0 Å². The van der Waals surface area contributed by atoms with Crippen LogP contribution < -0.4 is 5.73 Å². The average Bonchev–Trinajstić information content (AvgIpc) is 2.12. The third-order valence-corrected chi connectivity index (χ3v) is 2.45. The Balaban J connectivity index is 2.44. The summed E-state index contributed by atoms with van der Waals surface area (Å²) < 4.78 is 0. The largest absolute Gasteiger partial charge is 0.396 e. The van der Waals surface area contributed by atoms with Crippen molar-refractivity contribution in [3.63, 3.8) is 0 Å². The molecule has 1 aliphatic carbocycles. The Morgan fingerprint density at radius 3 is 2.44 bits per heavy atom. The van der Waals surface area contributed by atoms with Crippen molar-refractivity contribution in [1.82, 2.24) is 0 Å². The zero-order valence-electron chi connectivity index (χ0n) is 5.88. The summed E-state index contributed by atoms with van der Waals surface area (Å²) in [7, 11) is 0. The Bertz CT molecular complexity index is 84.9. The second-order valence-corrected chi connectivity index (χ2v) is 3.06. The lowest BCUT2D eigenvalue weighted by atomic mass is 9.97. The van der Waals surface area contributed by atoms with Gasteiger partial charge in [-0.2, -0.15) is 0 Å². The molecule has 3 N–H and O–H groups in total. The molecule has 0 bridgehead atoms. The lowest BCUT2D eigenvalue weighted by Gasteiger charge is -2.15. The molecule has 9 heavy (non-hydrogen) atoms. The van der Waals surface area contributed by atoms with E-state index in [0.717, 1.165) is 6.42 Å². The molecule has 0 unspecified atom stereocenters. The Hall–Kier alpha value is -0.0800. The van der Waals surface area contributed by atoms with Crippen LogP contribution in [0.3, 0.4) is 0 Å². The average molecular weight is 129 g/mol. The maximum absolute atomic E-state index is 8.83. The van der Waals surface area contributed by atoms with Gasteiger partial charge in [0.15, 0.2) is 0 Å². The lowest BCUT2D eigenvalue weighted by Crippen LogP contribution is -2.29. The Morgan fingerprint density at radius 2 is 2.22 bits per heavy atom. The maximum Gasteiger partial charge on any atom is 0.0476 e. The molecule has 0 radical (unpaired) electrons. The number of hydrogen-bond donors (Lipinski definition) is 2. The summed E-state index contributed by atoms with van der Waals surface area (Å²) >= 11 is 0. The summed E-state index contributed by atoms with van der Waals surface area (Å²) in [6.07, 6.45) is 2.28. The highest BCUT2D eigenvalue weighted by molar-refractivity contribution is 4.84. The maximum atomic E-state index is 8.83. The smallest absolute Gasteiger partial charge is 0.0476 e. The molecule has 2 heteroatoms. The molecule has 0 aromatic heterocycles. The van der Waals surface area contributed by atoms with Gasteiger partial charge in [-0.3, -0.25) is 0 Å². The normalized spacial score (nSPS) is 43.7. The topological polar surface area (TPSA) is 46.2 Å². The molecule has 3 atom stereocenters. The SMILES string of the molecule is C[C@H]1CC[C@H](N)[C@@H]1CO. The van der Waals surface area contributed by atoms with E-state index in [4.69, 9.17) is 10.8 Å². The second kappa shape index (κ2) is 2.67. The number of rotatable bonds is 1. The van der Waals surface area contributed by atoms with Gasteiger partial charge in [0, 0.05) is 12.6 Å². The standard InChI is InChI=1S/C7H15NO/c1-5-2-3-7(8)6(5)4-9/h5-7,9H,2-4,8H2,1H3/t5-,6+,7-/m0/s1. The predicted octanol–water partition coefficient (Wildman–Crippen LogP) is 0.352. The summed E-state index contributed by atoms with van der Waals surface area (Å²) in [5.41, 5.74) is 5.72. The van der Waals surface area contributed by atoms with Crippen LogP contribution in [-0.4, -0.2) is 17.8 Å². The van der Waals surface area contributed by atoms with Crippen LogP contribution in [0, 0.1) is 11.8 Å². The zero-order chi connectivity index (χ0) is 6.85. The minimum atomic E-state index is 0.255. The van der Waals surface area contributed by atoms with Crippen LogP contribution in [-0.2, 0) is 0 Å². The van der Waals surface area contributed by atoms with E-state index in [1.807, 2.05) is 0 Å². The van der Waals surface area contributed by atoms with E-state index < -0.39 is 0 Å². The van der Waals surface area contributed by atoms with E-state index in [9.17, 15) is 0 Å². The van der Waals surface area contributed by atoms with Crippen LogP contribution in [0.1, 0.15) is 19.8 Å². The van der Waals surface area contributed by atoms with E-state index in [2.05, 4.69) is 6.92 Å². The molecule has 0 aromatic rings. The Morgan fingerprint density at radius 1 is 1.56 bits per heavy atom. The number of nitrogens with two attached hydrogens (primary N) is 1. The summed E-state index contributed by atoms with van der Waals surface area (Å²) in [4.78, 5) is 0. The van der Waals surface area contributed by atoms with Crippen molar-refractivity contribution in [2.75, 3.05) is 6.61 Å². The zero-order valence-corrected chi connectivity index (χ0v) is 5.88. The molecule has 1 rings (SSSR count). The number of hydrogen-bond acceptors (Lipinski definition) is 2. The predicted molar refractivity (Wildman–Crippen MR) is 36.9 cm³/mol. The van der Waals surface area contributed by atoms with Crippen LogP contribution in [0.4, 0.5) is 0 Å². The Kier molecular flexibility index (Phi) is 2.09. The van der Waals surface area contributed by atoms with Gasteiger partial charge in [-0.25, -0.2) is 0 Å². The molecule has 0 aliphatic heterocycles. The van der Waals surface area contributed by atoms with Crippen molar-refractivity contribution in [1.29, 1.82) is 0 Å². The summed E-state index contributed by atoms with van der Waals surface area (Å²) in [5, 5.41) is 8.83. The summed E-state index contributed by atoms with van der Waals surface area (Å²) in [6.45, 7) is 2.43. The minimum Gasteiger partial charge on any atom is -0.396 e. The highest BCUT2D eigenvalue weighted by Crippen LogP contribution is 2.29. The monoisotopic (exact) mass is 129 g/mol. The van der Waals surface area contributed by atoms with Gasteiger partial charge in [0.1, 0.15) is 0 Å². The molecule has 1 aliphatic rings. The van der Waals surface area contributed by atoms with Crippen LogP contribution >= 0.6 is 0 Å². The first-order valence-electron chi connectivity index (χ1n) is 3.62. The van der Waals surface area contributed by atoms with Crippen LogP contribution in [0.2, 0.25) is 0 Å². The fraction of sp³-hybridized carbons (Fsp3) is 1.00. The molecule has 1 fully saturated rings. The molecule has 0 spiro atoms. The number of aliphatic hydroxyl groups is 1. The van der Waals surface area contributed by atoms with Crippen LogP contribution in [0.15, 0.2) is 0 Å². The highest BCUT2D eigenvalue weighted by Gasteiger charge is 2.29. The van der Waals surface area contributed by atoms with E-state index in [1.165, 1.54) is 6.42 Å². The number of aliphatic hydroxyl groups excluding tert-OH is 1. The van der Waals surface area contributed by atoms with Crippen molar-refractivity contribution in [2.45, 2.75) is 25.8 Å². The third-order valence-electron chi connectivity index (χ3n) is 2.45. The first kappa shape index (κ1) is 7.03. The molecule has 0 heterocycles. The van der Waals surface area contributed by atoms with E-state index in [1.54, 1.807) is 0 Å². The summed E-state index contributed by atoms with van der Waals surface area (Å²) in [6, 6.07) is 0.255. The molecule has 0 amide bonds. The molecular weight excluding hydrogens is 114 g/mol. The lowest BCUT2D eigenvalue weighted by molar-refractivity contribution is 0.190. The van der Waals surface area contributed by atoms with Crippen molar-refractivity contribution in [3.8, 4) is 0 Å². The first-order valence-corrected chi connectivity index (χ1v) is 3.62. The Labute approximate surface area is 56.1 Å². The van der Waals surface area contributed by atoms with Gasteiger partial charge in [-0.15, -0.1) is 0 Å². The van der Waals surface area contributed by atoms with E-state index in [-0.39, 0.29) is 12.6 Å². The van der Waals surface area contributed by atoms with Gasteiger partial charge in [-0.05, 0) is 24.7 Å². The van der Waals surface area contributed by atoms with Crippen LogP contribution in [0.5, 0.6) is 0 Å². The van der Waals surface area contributed by atoms with Gasteiger partial charge >= 0.3 is 0 Å². The van der Waals surface area contributed by atoms with Gasteiger partial charge in [-0.1, -0.05) is 6.92 Å². The molecule has 0 aromatic carbocycles. The molecule has 54 valence electrons.